The second kappa shape index (κ2) is 11.2. The number of nitrogens with zero attached hydrogens (tertiary/aromatic N) is 4. The molecule has 0 N–H and O–H groups in total. The zero-order chi connectivity index (χ0) is 29.4. The molecule has 43 heavy (non-hydrogen) atoms. The Morgan fingerprint density at radius 1 is 0.953 bits per heavy atom. The van der Waals surface area contributed by atoms with Crippen LogP contribution in [-0.2, 0) is 19.8 Å². The summed E-state index contributed by atoms with van der Waals surface area (Å²) >= 11 is 5.62. The lowest BCUT2D eigenvalue weighted by atomic mass is 9.80. The summed E-state index contributed by atoms with van der Waals surface area (Å²) in [6.07, 6.45) is 4.11. The fourth-order valence-corrected chi connectivity index (χ4v) is 6.02. The summed E-state index contributed by atoms with van der Waals surface area (Å²) in [5.41, 5.74) is 2.08. The quantitative estimate of drug-likeness (QED) is 0.200. The van der Waals surface area contributed by atoms with Crippen molar-refractivity contribution in [2.75, 3.05) is 6.61 Å². The first-order valence-electron chi connectivity index (χ1n) is 14.0. The number of hydrogen-bond donors (Lipinski definition) is 0. The first-order chi connectivity index (χ1) is 21.0. The number of ether oxygens (including phenoxy) is 4. The largest absolute Gasteiger partial charge is 0.460 e. The van der Waals surface area contributed by atoms with E-state index in [9.17, 15) is 4.79 Å². The van der Waals surface area contributed by atoms with Gasteiger partial charge in [-0.1, -0.05) is 91.0 Å². The van der Waals surface area contributed by atoms with Crippen molar-refractivity contribution in [1.82, 2.24) is 19.1 Å². The van der Waals surface area contributed by atoms with Gasteiger partial charge in [0.1, 0.15) is 18.0 Å². The van der Waals surface area contributed by atoms with Gasteiger partial charge in [-0.25, -0.2) is 4.98 Å². The van der Waals surface area contributed by atoms with Crippen LogP contribution in [0.3, 0.4) is 0 Å². The van der Waals surface area contributed by atoms with Crippen molar-refractivity contribution < 1.29 is 18.9 Å². The van der Waals surface area contributed by atoms with Gasteiger partial charge in [-0.15, -0.1) is 0 Å². The monoisotopic (exact) mass is 592 g/mol. The Morgan fingerprint density at radius 3 is 2.12 bits per heavy atom. The standard InChI is InChI=1S/C33H28N4O5S/c1-22-19-37-30-28(41-31(37)35-29(22)38)27(42-32(43)36-18-17-34-21-36)26(40-30)20-39-33(23-11-5-2-6-12-23,24-13-7-3-8-14-24)25-15-9-4-10-16-25/h2-19,21,26-28,30H,20H2,1H3/t26-,27-,28+,30-/m1/s1. The zero-order valence-electron chi connectivity index (χ0n) is 23.2. The second-order valence-corrected chi connectivity index (χ2v) is 10.8. The number of aryl methyl sites for hydroxylation is 1. The van der Waals surface area contributed by atoms with Gasteiger partial charge in [-0.3, -0.25) is 13.9 Å². The van der Waals surface area contributed by atoms with Crippen molar-refractivity contribution >= 4 is 17.4 Å². The Hall–Kier alpha value is -4.64. The average Bonchev–Trinajstić information content (AvgIpc) is 3.78. The predicted octanol–water partition coefficient (Wildman–Crippen LogP) is 4.63. The van der Waals surface area contributed by atoms with Gasteiger partial charge in [-0.2, -0.15) is 4.98 Å². The van der Waals surface area contributed by atoms with E-state index in [1.165, 1.54) is 0 Å². The third kappa shape index (κ3) is 4.83. The molecule has 0 bridgehead atoms. The van der Waals surface area contributed by atoms with Crippen molar-refractivity contribution in [2.24, 2.45) is 0 Å². The third-order valence-corrected chi connectivity index (χ3v) is 8.15. The Balaban J connectivity index is 1.28. The molecular formula is C33H28N4O5S. The molecule has 1 fully saturated rings. The maximum atomic E-state index is 12.3. The number of fused-ring (bicyclic) bond motifs is 3. The van der Waals surface area contributed by atoms with E-state index in [1.807, 2.05) is 54.6 Å². The van der Waals surface area contributed by atoms with Crippen LogP contribution in [0.15, 0.2) is 121 Å². The summed E-state index contributed by atoms with van der Waals surface area (Å²) in [4.78, 5) is 20.4. The Labute approximate surface area is 253 Å². The predicted molar refractivity (Wildman–Crippen MR) is 162 cm³/mol. The molecule has 0 radical (unpaired) electrons. The van der Waals surface area contributed by atoms with Crippen LogP contribution >= 0.6 is 12.2 Å². The van der Waals surface area contributed by atoms with Crippen LogP contribution in [0.4, 0.5) is 0 Å². The zero-order valence-corrected chi connectivity index (χ0v) is 24.0. The molecule has 4 atom stereocenters. The normalized spacial score (nSPS) is 20.7. The van der Waals surface area contributed by atoms with Crippen molar-refractivity contribution in [3.05, 3.63) is 149 Å². The van der Waals surface area contributed by atoms with Crippen LogP contribution in [0, 0.1) is 6.92 Å². The van der Waals surface area contributed by atoms with Crippen molar-refractivity contribution in [3.8, 4) is 6.01 Å². The van der Waals surface area contributed by atoms with Gasteiger partial charge in [0.15, 0.2) is 18.4 Å². The number of thiocarbonyl (C=S) groups is 1. The maximum Gasteiger partial charge on any atom is 0.302 e. The molecule has 0 amide bonds. The number of benzene rings is 3. The SMILES string of the molecule is Cc1cn2c(nc1=O)O[C@H]1[C@H](OC(=S)n3ccnc3)[C@@H](COC(c3ccccc3)(c3ccccc3)c3ccccc3)O[C@H]12. The van der Waals surface area contributed by atoms with Gasteiger partial charge in [0, 0.05) is 24.2 Å². The van der Waals surface area contributed by atoms with E-state index in [0.29, 0.717) is 5.56 Å². The van der Waals surface area contributed by atoms with E-state index < -0.39 is 30.1 Å². The second-order valence-electron chi connectivity index (χ2n) is 10.5. The maximum absolute atomic E-state index is 12.3. The van der Waals surface area contributed by atoms with E-state index >= 15 is 0 Å². The molecule has 7 rings (SSSR count). The number of rotatable bonds is 7. The Bertz CT molecular complexity index is 1680. The molecule has 2 aliphatic rings. The highest BCUT2D eigenvalue weighted by Crippen LogP contribution is 2.44. The van der Waals surface area contributed by atoms with Gasteiger partial charge in [0.2, 0.25) is 0 Å². The van der Waals surface area contributed by atoms with Crippen molar-refractivity contribution in [3.63, 3.8) is 0 Å². The average molecular weight is 593 g/mol. The molecule has 0 aliphatic carbocycles. The smallest absolute Gasteiger partial charge is 0.302 e. The summed E-state index contributed by atoms with van der Waals surface area (Å²) < 4.78 is 29.6. The minimum absolute atomic E-state index is 0.133. The van der Waals surface area contributed by atoms with Crippen LogP contribution in [0.1, 0.15) is 28.5 Å². The summed E-state index contributed by atoms with van der Waals surface area (Å²) in [6, 6.07) is 30.6. The molecular weight excluding hydrogens is 564 g/mol. The van der Waals surface area contributed by atoms with E-state index in [-0.39, 0.29) is 23.4 Å². The highest BCUT2D eigenvalue weighted by atomic mass is 32.1. The van der Waals surface area contributed by atoms with Gasteiger partial charge >= 0.3 is 6.01 Å². The van der Waals surface area contributed by atoms with Crippen molar-refractivity contribution in [2.45, 2.75) is 37.1 Å². The minimum Gasteiger partial charge on any atom is -0.460 e. The van der Waals surface area contributed by atoms with E-state index in [0.717, 1.165) is 16.7 Å². The lowest BCUT2D eigenvalue weighted by molar-refractivity contribution is -0.0918. The minimum atomic E-state index is -0.957. The van der Waals surface area contributed by atoms with Crippen molar-refractivity contribution in [1.29, 1.82) is 0 Å². The first-order valence-corrected chi connectivity index (χ1v) is 14.4. The Kier molecular flexibility index (Phi) is 7.10. The first kappa shape index (κ1) is 27.2. The Morgan fingerprint density at radius 2 is 1.56 bits per heavy atom. The van der Waals surface area contributed by atoms with Gasteiger partial charge < -0.3 is 18.9 Å². The van der Waals surface area contributed by atoms with Gasteiger partial charge in [0.25, 0.3) is 10.7 Å². The molecule has 0 unspecified atom stereocenters. The number of aromatic nitrogens is 4. The molecule has 2 aromatic heterocycles. The van der Waals surface area contributed by atoms with Gasteiger partial charge in [-0.05, 0) is 35.8 Å². The molecule has 5 aromatic rings. The molecule has 3 aromatic carbocycles. The molecule has 216 valence electrons. The lowest BCUT2D eigenvalue weighted by Gasteiger charge is -2.37. The molecule has 4 heterocycles. The topological polar surface area (TPSA) is 89.6 Å². The molecule has 0 saturated carbocycles. The van der Waals surface area contributed by atoms with Crippen LogP contribution in [0.5, 0.6) is 6.01 Å². The van der Waals surface area contributed by atoms with Crippen LogP contribution in [0.25, 0.3) is 0 Å². The summed E-state index contributed by atoms with van der Waals surface area (Å²) in [5, 5.41) is 0.190. The van der Waals surface area contributed by atoms with E-state index in [2.05, 4.69) is 46.4 Å². The van der Waals surface area contributed by atoms with Gasteiger partial charge in [0.05, 0.1) is 6.61 Å². The molecule has 1 saturated heterocycles. The molecule has 2 aliphatic heterocycles. The molecule has 9 nitrogen and oxygen atoms in total. The molecule has 0 spiro atoms. The molecule has 10 heteroatoms. The highest BCUT2D eigenvalue weighted by Gasteiger charge is 2.54. The fraction of sp³-hybridized carbons (Fsp3) is 0.212. The summed E-state index contributed by atoms with van der Waals surface area (Å²) in [7, 11) is 0. The van der Waals surface area contributed by atoms with E-state index in [1.54, 1.807) is 41.0 Å². The third-order valence-electron chi connectivity index (χ3n) is 7.85. The lowest BCUT2D eigenvalue weighted by Crippen LogP contribution is -2.43. The number of hydrogen-bond acceptors (Lipinski definition) is 8. The fourth-order valence-electron chi connectivity index (χ4n) is 5.80. The number of imidazole rings is 1. The van der Waals surface area contributed by atoms with Crippen LogP contribution in [0.2, 0.25) is 0 Å². The summed E-state index contributed by atoms with van der Waals surface area (Å²) in [6.45, 7) is 1.84. The highest BCUT2D eigenvalue weighted by molar-refractivity contribution is 7.80. The van der Waals surface area contributed by atoms with Crippen LogP contribution in [-0.4, -0.2) is 49.2 Å². The van der Waals surface area contributed by atoms with Crippen LogP contribution < -0.4 is 10.3 Å². The summed E-state index contributed by atoms with van der Waals surface area (Å²) in [5.74, 6) is 0. The van der Waals surface area contributed by atoms with E-state index in [4.69, 9.17) is 31.2 Å².